The largest absolute Gasteiger partial charge is 0.0622 e. The van der Waals surface area contributed by atoms with Crippen LogP contribution in [-0.4, -0.2) is 0 Å². The van der Waals surface area contributed by atoms with Crippen molar-refractivity contribution in [3.05, 3.63) is 71.8 Å². The molecule has 0 N–H and O–H groups in total. The van der Waals surface area contributed by atoms with Crippen LogP contribution in [0.4, 0.5) is 0 Å². The highest BCUT2D eigenvalue weighted by Crippen LogP contribution is 2.41. The van der Waals surface area contributed by atoms with E-state index in [0.717, 1.165) is 6.42 Å². The normalized spacial score (nSPS) is 12.4. The summed E-state index contributed by atoms with van der Waals surface area (Å²) in [5, 5.41) is 0. The zero-order valence-corrected chi connectivity index (χ0v) is 12.5. The SMILES string of the molecule is CC(C)(C)CC(C)(c1ccccc1)c1ccccc1. The van der Waals surface area contributed by atoms with Gasteiger partial charge in [0.2, 0.25) is 0 Å². The maximum Gasteiger partial charge on any atom is 0.0179 e. The van der Waals surface area contributed by atoms with E-state index in [1.165, 1.54) is 11.1 Å². The Morgan fingerprint density at radius 2 is 1.00 bits per heavy atom. The molecule has 0 aliphatic heterocycles. The van der Waals surface area contributed by atoms with Crippen molar-refractivity contribution in [1.82, 2.24) is 0 Å². The molecule has 0 aliphatic rings. The third-order valence-electron chi connectivity index (χ3n) is 3.71. The third kappa shape index (κ3) is 3.26. The molecular formula is C19H24. The van der Waals surface area contributed by atoms with Crippen LogP contribution in [0, 0.1) is 5.41 Å². The van der Waals surface area contributed by atoms with E-state index in [9.17, 15) is 0 Å². The second-order valence-electron chi connectivity index (χ2n) is 6.80. The molecule has 2 aromatic carbocycles. The van der Waals surface area contributed by atoms with Crippen LogP contribution in [-0.2, 0) is 5.41 Å². The molecule has 0 aromatic heterocycles. The van der Waals surface area contributed by atoms with E-state index in [0.29, 0.717) is 5.41 Å². The van der Waals surface area contributed by atoms with Crippen LogP contribution in [0.25, 0.3) is 0 Å². The fraction of sp³-hybridized carbons (Fsp3) is 0.368. The smallest absolute Gasteiger partial charge is 0.0179 e. The van der Waals surface area contributed by atoms with Crippen LogP contribution >= 0.6 is 0 Å². The molecule has 0 saturated heterocycles. The van der Waals surface area contributed by atoms with E-state index < -0.39 is 0 Å². The summed E-state index contributed by atoms with van der Waals surface area (Å²) >= 11 is 0. The molecule has 0 aliphatic carbocycles. The molecule has 0 bridgehead atoms. The van der Waals surface area contributed by atoms with Crippen LogP contribution < -0.4 is 0 Å². The van der Waals surface area contributed by atoms with Gasteiger partial charge >= 0.3 is 0 Å². The van der Waals surface area contributed by atoms with Gasteiger partial charge in [0, 0.05) is 5.41 Å². The Morgan fingerprint density at radius 1 is 0.632 bits per heavy atom. The Hall–Kier alpha value is -1.56. The number of hydrogen-bond donors (Lipinski definition) is 0. The average Bonchev–Trinajstić information content (AvgIpc) is 2.39. The standard InChI is InChI=1S/C19H24/c1-18(2,3)15-19(4,16-11-7-5-8-12-16)17-13-9-6-10-14-17/h5-14H,15H2,1-4H3. The van der Waals surface area contributed by atoms with Crippen LogP contribution in [0.3, 0.4) is 0 Å². The van der Waals surface area contributed by atoms with Crippen molar-refractivity contribution in [1.29, 1.82) is 0 Å². The highest BCUT2D eigenvalue weighted by atomic mass is 14.4. The van der Waals surface area contributed by atoms with Gasteiger partial charge in [-0.15, -0.1) is 0 Å². The Balaban J connectivity index is 2.51. The second-order valence-corrected chi connectivity index (χ2v) is 6.80. The van der Waals surface area contributed by atoms with Crippen molar-refractivity contribution in [3.8, 4) is 0 Å². The molecule has 100 valence electrons. The van der Waals surface area contributed by atoms with E-state index in [4.69, 9.17) is 0 Å². The molecule has 0 amide bonds. The van der Waals surface area contributed by atoms with Crippen LogP contribution in [0.5, 0.6) is 0 Å². The Kier molecular flexibility index (Phi) is 3.80. The molecule has 0 radical (unpaired) electrons. The average molecular weight is 252 g/mol. The number of hydrogen-bond acceptors (Lipinski definition) is 0. The van der Waals surface area contributed by atoms with Gasteiger partial charge in [0.15, 0.2) is 0 Å². The lowest BCUT2D eigenvalue weighted by molar-refractivity contribution is 0.299. The van der Waals surface area contributed by atoms with Crippen molar-refractivity contribution in [2.45, 2.75) is 39.5 Å². The van der Waals surface area contributed by atoms with Crippen LogP contribution in [0.1, 0.15) is 45.2 Å². The fourth-order valence-corrected chi connectivity index (χ4v) is 3.04. The number of benzene rings is 2. The predicted molar refractivity (Wildman–Crippen MR) is 83.4 cm³/mol. The highest BCUT2D eigenvalue weighted by Gasteiger charge is 2.33. The lowest BCUT2D eigenvalue weighted by atomic mass is 9.67. The van der Waals surface area contributed by atoms with E-state index in [1.54, 1.807) is 0 Å². The minimum absolute atomic E-state index is 0.0702. The molecule has 0 fully saturated rings. The molecule has 0 heterocycles. The van der Waals surface area contributed by atoms with E-state index >= 15 is 0 Å². The monoisotopic (exact) mass is 252 g/mol. The Morgan fingerprint density at radius 3 is 1.32 bits per heavy atom. The first kappa shape index (κ1) is 13.9. The molecule has 2 rings (SSSR count). The minimum Gasteiger partial charge on any atom is -0.0622 e. The molecule has 19 heavy (non-hydrogen) atoms. The summed E-state index contributed by atoms with van der Waals surface area (Å²) < 4.78 is 0. The first-order valence-corrected chi connectivity index (χ1v) is 7.03. The zero-order valence-electron chi connectivity index (χ0n) is 12.5. The van der Waals surface area contributed by atoms with Gasteiger partial charge in [0.25, 0.3) is 0 Å². The Bertz CT molecular complexity index is 463. The van der Waals surface area contributed by atoms with Gasteiger partial charge in [-0.2, -0.15) is 0 Å². The van der Waals surface area contributed by atoms with Gasteiger partial charge < -0.3 is 0 Å². The topological polar surface area (TPSA) is 0 Å². The summed E-state index contributed by atoms with van der Waals surface area (Å²) in [6, 6.07) is 21.7. The quantitative estimate of drug-likeness (QED) is 0.683. The second kappa shape index (κ2) is 5.21. The van der Waals surface area contributed by atoms with Gasteiger partial charge in [-0.05, 0) is 23.0 Å². The first-order chi connectivity index (χ1) is 8.92. The van der Waals surface area contributed by atoms with Gasteiger partial charge in [0.1, 0.15) is 0 Å². The van der Waals surface area contributed by atoms with Crippen molar-refractivity contribution in [2.24, 2.45) is 5.41 Å². The number of rotatable bonds is 3. The highest BCUT2D eigenvalue weighted by molar-refractivity contribution is 5.38. The third-order valence-corrected chi connectivity index (χ3v) is 3.71. The summed E-state index contributed by atoms with van der Waals surface area (Å²) in [5.74, 6) is 0. The maximum atomic E-state index is 2.36. The molecule has 0 saturated carbocycles. The minimum atomic E-state index is 0.0702. The maximum absolute atomic E-state index is 2.36. The fourth-order valence-electron chi connectivity index (χ4n) is 3.04. The molecule has 0 heteroatoms. The van der Waals surface area contributed by atoms with Crippen molar-refractivity contribution < 1.29 is 0 Å². The molecule has 0 nitrogen and oxygen atoms in total. The summed E-state index contributed by atoms with van der Waals surface area (Å²) in [6.45, 7) is 9.31. The van der Waals surface area contributed by atoms with Crippen molar-refractivity contribution >= 4 is 0 Å². The van der Waals surface area contributed by atoms with Gasteiger partial charge in [-0.3, -0.25) is 0 Å². The van der Waals surface area contributed by atoms with Gasteiger partial charge in [-0.1, -0.05) is 88.4 Å². The van der Waals surface area contributed by atoms with Crippen LogP contribution in [0.15, 0.2) is 60.7 Å². The van der Waals surface area contributed by atoms with E-state index in [-0.39, 0.29) is 5.41 Å². The summed E-state index contributed by atoms with van der Waals surface area (Å²) in [4.78, 5) is 0. The van der Waals surface area contributed by atoms with Crippen molar-refractivity contribution in [3.63, 3.8) is 0 Å². The molecule has 0 atom stereocenters. The van der Waals surface area contributed by atoms with E-state index in [2.05, 4.69) is 88.4 Å². The predicted octanol–water partition coefficient (Wildman–Crippen LogP) is 5.43. The summed E-state index contributed by atoms with van der Waals surface area (Å²) in [6.07, 6.45) is 1.13. The van der Waals surface area contributed by atoms with E-state index in [1.807, 2.05) is 0 Å². The lowest BCUT2D eigenvalue weighted by Crippen LogP contribution is -2.29. The first-order valence-electron chi connectivity index (χ1n) is 7.03. The summed E-state index contributed by atoms with van der Waals surface area (Å²) in [7, 11) is 0. The molecular weight excluding hydrogens is 228 g/mol. The molecule has 2 aromatic rings. The van der Waals surface area contributed by atoms with Gasteiger partial charge in [-0.25, -0.2) is 0 Å². The van der Waals surface area contributed by atoms with Crippen LogP contribution in [0.2, 0.25) is 0 Å². The zero-order chi connectivity index (χ0) is 13.9. The van der Waals surface area contributed by atoms with Gasteiger partial charge in [0.05, 0.1) is 0 Å². The van der Waals surface area contributed by atoms with Crippen molar-refractivity contribution in [2.75, 3.05) is 0 Å². The lowest BCUT2D eigenvalue weighted by Gasteiger charge is -2.37. The summed E-state index contributed by atoms with van der Waals surface area (Å²) in [5.41, 5.74) is 3.16. The Labute approximate surface area is 117 Å². The molecule has 0 unspecified atom stereocenters. The molecule has 0 spiro atoms.